The predicted molar refractivity (Wildman–Crippen MR) is 96.5 cm³/mol. The summed E-state index contributed by atoms with van der Waals surface area (Å²) >= 11 is 0. The number of hydrogen-bond donors (Lipinski definition) is 2. The molecule has 1 atom stereocenters. The van der Waals surface area contributed by atoms with E-state index in [1.807, 2.05) is 25.1 Å². The van der Waals surface area contributed by atoms with Crippen LogP contribution < -0.4 is 4.72 Å². The second-order valence-corrected chi connectivity index (χ2v) is 8.07. The van der Waals surface area contributed by atoms with E-state index in [4.69, 9.17) is 0 Å². The molecule has 1 amide bonds. The van der Waals surface area contributed by atoms with Gasteiger partial charge in [0, 0.05) is 26.1 Å². The fourth-order valence-corrected chi connectivity index (χ4v) is 3.84. The van der Waals surface area contributed by atoms with Gasteiger partial charge in [-0.15, -0.1) is 0 Å². The molecule has 0 fully saturated rings. The highest BCUT2D eigenvalue weighted by Gasteiger charge is 2.22. The van der Waals surface area contributed by atoms with E-state index in [9.17, 15) is 18.3 Å². The lowest BCUT2D eigenvalue weighted by molar-refractivity contribution is -0.131. The van der Waals surface area contributed by atoms with Crippen molar-refractivity contribution < 1.29 is 18.3 Å². The van der Waals surface area contributed by atoms with Crippen molar-refractivity contribution in [2.75, 3.05) is 13.1 Å². The fraction of sp³-hybridized carbons (Fsp3) is 0.500. The normalized spacial score (nSPS) is 16.0. The van der Waals surface area contributed by atoms with Crippen LogP contribution in [-0.2, 0) is 27.8 Å². The second kappa shape index (κ2) is 8.60. The number of nitrogens with one attached hydrogen (secondary N) is 1. The van der Waals surface area contributed by atoms with Gasteiger partial charge in [0.2, 0.25) is 15.9 Å². The van der Waals surface area contributed by atoms with Crippen LogP contribution in [0, 0.1) is 0 Å². The van der Waals surface area contributed by atoms with Crippen molar-refractivity contribution in [1.82, 2.24) is 9.62 Å². The first-order valence-corrected chi connectivity index (χ1v) is 10.00. The molecule has 2 rings (SSSR count). The van der Waals surface area contributed by atoms with Crippen LogP contribution in [0.4, 0.5) is 0 Å². The SMILES string of the molecule is C/C=C/CC(=O)N1CCc2ccc(S(=O)(=O)NCC[C@H](C)O)cc2C1. The Morgan fingerprint density at radius 1 is 1.40 bits per heavy atom. The monoisotopic (exact) mass is 366 g/mol. The molecule has 1 aliphatic heterocycles. The predicted octanol–water partition coefficient (Wildman–Crippen LogP) is 1.59. The lowest BCUT2D eigenvalue weighted by atomic mass is 9.99. The molecular weight excluding hydrogens is 340 g/mol. The van der Waals surface area contributed by atoms with Crippen molar-refractivity contribution >= 4 is 15.9 Å². The number of allylic oxidation sites excluding steroid dienone is 1. The quantitative estimate of drug-likeness (QED) is 0.718. The van der Waals surface area contributed by atoms with Crippen molar-refractivity contribution in [3.8, 4) is 0 Å². The minimum Gasteiger partial charge on any atom is -0.393 e. The van der Waals surface area contributed by atoms with Gasteiger partial charge in [-0.05, 0) is 49.9 Å². The Bertz CT molecular complexity index is 741. The number of fused-ring (bicyclic) bond motifs is 1. The van der Waals surface area contributed by atoms with Gasteiger partial charge in [0.15, 0.2) is 0 Å². The smallest absolute Gasteiger partial charge is 0.240 e. The summed E-state index contributed by atoms with van der Waals surface area (Å²) in [4.78, 5) is 14.1. The fourth-order valence-electron chi connectivity index (χ4n) is 2.75. The van der Waals surface area contributed by atoms with Gasteiger partial charge in [-0.1, -0.05) is 18.2 Å². The number of aliphatic hydroxyl groups is 1. The first kappa shape index (κ1) is 19.6. The Kier molecular flexibility index (Phi) is 6.75. The van der Waals surface area contributed by atoms with Crippen LogP contribution in [0.2, 0.25) is 0 Å². The maximum Gasteiger partial charge on any atom is 0.240 e. The summed E-state index contributed by atoms with van der Waals surface area (Å²) in [6.07, 6.45) is 4.57. The third-order valence-electron chi connectivity index (χ3n) is 4.24. The van der Waals surface area contributed by atoms with Gasteiger partial charge in [0.05, 0.1) is 11.0 Å². The van der Waals surface area contributed by atoms with E-state index >= 15 is 0 Å². The number of benzene rings is 1. The van der Waals surface area contributed by atoms with Gasteiger partial charge in [-0.2, -0.15) is 0 Å². The van der Waals surface area contributed by atoms with Gasteiger partial charge in [0.25, 0.3) is 0 Å². The molecule has 1 aromatic rings. The van der Waals surface area contributed by atoms with E-state index in [2.05, 4.69) is 4.72 Å². The highest BCUT2D eigenvalue weighted by atomic mass is 32.2. The first-order valence-electron chi connectivity index (χ1n) is 8.52. The summed E-state index contributed by atoms with van der Waals surface area (Å²) in [5, 5.41) is 9.24. The number of amides is 1. The van der Waals surface area contributed by atoms with Gasteiger partial charge in [-0.25, -0.2) is 13.1 Å². The summed E-state index contributed by atoms with van der Waals surface area (Å²) in [5.41, 5.74) is 1.96. The van der Waals surface area contributed by atoms with Crippen LogP contribution in [-0.4, -0.2) is 43.5 Å². The molecule has 0 saturated heterocycles. The zero-order valence-corrected chi connectivity index (χ0v) is 15.6. The summed E-state index contributed by atoms with van der Waals surface area (Å²) in [5.74, 6) is 0.0482. The van der Waals surface area contributed by atoms with Crippen LogP contribution in [0.5, 0.6) is 0 Å². The Hall–Kier alpha value is -1.70. The third-order valence-corrected chi connectivity index (χ3v) is 5.69. The number of nitrogens with zero attached hydrogens (tertiary/aromatic N) is 1. The molecule has 7 heteroatoms. The highest BCUT2D eigenvalue weighted by Crippen LogP contribution is 2.23. The lowest BCUT2D eigenvalue weighted by Gasteiger charge is -2.29. The van der Waals surface area contributed by atoms with E-state index < -0.39 is 16.1 Å². The van der Waals surface area contributed by atoms with Crippen LogP contribution in [0.15, 0.2) is 35.2 Å². The van der Waals surface area contributed by atoms with Crippen LogP contribution >= 0.6 is 0 Å². The van der Waals surface area contributed by atoms with E-state index in [1.54, 1.807) is 24.0 Å². The Morgan fingerprint density at radius 3 is 2.84 bits per heavy atom. The minimum absolute atomic E-state index is 0.0482. The van der Waals surface area contributed by atoms with Gasteiger partial charge in [-0.3, -0.25) is 4.79 Å². The zero-order valence-electron chi connectivity index (χ0n) is 14.7. The zero-order chi connectivity index (χ0) is 18.4. The average Bonchev–Trinajstić information content (AvgIpc) is 2.58. The number of sulfonamides is 1. The van der Waals surface area contributed by atoms with E-state index in [0.717, 1.165) is 17.5 Å². The lowest BCUT2D eigenvalue weighted by Crippen LogP contribution is -2.35. The molecule has 0 aromatic heterocycles. The Balaban J connectivity index is 2.12. The highest BCUT2D eigenvalue weighted by molar-refractivity contribution is 7.89. The molecular formula is C18H26N2O4S. The Labute approximate surface area is 149 Å². The van der Waals surface area contributed by atoms with Crippen molar-refractivity contribution in [2.45, 2.75) is 50.7 Å². The van der Waals surface area contributed by atoms with Gasteiger partial charge in [0.1, 0.15) is 0 Å². The second-order valence-electron chi connectivity index (χ2n) is 6.30. The summed E-state index contributed by atoms with van der Waals surface area (Å²) in [7, 11) is -3.62. The van der Waals surface area contributed by atoms with Crippen LogP contribution in [0.1, 0.15) is 37.8 Å². The molecule has 0 unspecified atom stereocenters. The molecule has 6 nitrogen and oxygen atoms in total. The topological polar surface area (TPSA) is 86.7 Å². The van der Waals surface area contributed by atoms with Crippen molar-refractivity contribution in [3.63, 3.8) is 0 Å². The van der Waals surface area contributed by atoms with E-state index in [0.29, 0.717) is 25.9 Å². The largest absolute Gasteiger partial charge is 0.393 e. The molecule has 0 bridgehead atoms. The van der Waals surface area contributed by atoms with Crippen LogP contribution in [0.3, 0.4) is 0 Å². The number of hydrogen-bond acceptors (Lipinski definition) is 4. The van der Waals surface area contributed by atoms with Crippen molar-refractivity contribution in [1.29, 1.82) is 0 Å². The summed E-state index contributed by atoms with van der Waals surface area (Å²) < 4.78 is 27.2. The van der Waals surface area contributed by atoms with Crippen molar-refractivity contribution in [3.05, 3.63) is 41.5 Å². The standard InChI is InChI=1S/C18H26N2O4S/c1-3-4-5-18(22)20-11-9-15-6-7-17(12-16(15)13-20)25(23,24)19-10-8-14(2)21/h3-4,6-7,12,14,19,21H,5,8-11,13H2,1-2H3/b4-3+/t14-/m0/s1. The maximum absolute atomic E-state index is 12.4. The molecule has 0 spiro atoms. The minimum atomic E-state index is -3.62. The van der Waals surface area contributed by atoms with Gasteiger partial charge < -0.3 is 10.0 Å². The molecule has 2 N–H and O–H groups in total. The molecule has 0 aliphatic carbocycles. The van der Waals surface area contributed by atoms with Crippen molar-refractivity contribution in [2.24, 2.45) is 0 Å². The molecule has 1 aliphatic rings. The number of carbonyl (C=O) groups is 1. The number of rotatable bonds is 7. The van der Waals surface area contributed by atoms with Crippen LogP contribution in [0.25, 0.3) is 0 Å². The number of aliphatic hydroxyl groups excluding tert-OH is 1. The van der Waals surface area contributed by atoms with E-state index in [1.165, 1.54) is 0 Å². The molecule has 1 heterocycles. The Morgan fingerprint density at radius 2 is 2.16 bits per heavy atom. The average molecular weight is 366 g/mol. The summed E-state index contributed by atoms with van der Waals surface area (Å²) in [6, 6.07) is 5.07. The molecule has 1 aromatic carbocycles. The van der Waals surface area contributed by atoms with E-state index in [-0.39, 0.29) is 17.3 Å². The molecule has 0 saturated carbocycles. The third kappa shape index (κ3) is 5.39. The molecule has 0 radical (unpaired) electrons. The first-order chi connectivity index (χ1) is 11.8. The maximum atomic E-state index is 12.4. The molecule has 25 heavy (non-hydrogen) atoms. The van der Waals surface area contributed by atoms with Gasteiger partial charge >= 0.3 is 0 Å². The number of carbonyl (C=O) groups excluding carboxylic acids is 1. The molecule has 138 valence electrons. The summed E-state index contributed by atoms with van der Waals surface area (Å²) in [6.45, 7) is 4.77.